The van der Waals surface area contributed by atoms with Crippen LogP contribution in [0.15, 0.2) is 60.9 Å². The van der Waals surface area contributed by atoms with Gasteiger partial charge in [0.1, 0.15) is 11.5 Å². The summed E-state index contributed by atoms with van der Waals surface area (Å²) in [5, 5.41) is 14.7. The fraction of sp³-hybridized carbons (Fsp3) is 0.182. The lowest BCUT2D eigenvalue weighted by atomic mass is 9.87. The maximum Gasteiger partial charge on any atom is 0.275 e. The van der Waals surface area contributed by atoms with Gasteiger partial charge in [-0.05, 0) is 47.4 Å². The van der Waals surface area contributed by atoms with E-state index in [9.17, 15) is 4.79 Å². The standard InChI is InChI=1S/C22H21N5O/c1-22(2,3)16-6-10-18(11-7-16)27-21(28)19-13-25-20(14-24-19)26-17-8-4-15(12-23)5-9-17/h4-11,13-14H,1-3H3,(H,25,26)(H,27,28). The van der Waals surface area contributed by atoms with E-state index in [4.69, 9.17) is 5.26 Å². The van der Waals surface area contributed by atoms with Gasteiger partial charge in [-0.1, -0.05) is 32.9 Å². The Balaban J connectivity index is 1.64. The van der Waals surface area contributed by atoms with Crippen molar-refractivity contribution in [2.24, 2.45) is 0 Å². The van der Waals surface area contributed by atoms with E-state index in [1.165, 1.54) is 18.0 Å². The van der Waals surface area contributed by atoms with Gasteiger partial charge < -0.3 is 10.6 Å². The molecule has 28 heavy (non-hydrogen) atoms. The van der Waals surface area contributed by atoms with Crippen LogP contribution in [-0.4, -0.2) is 15.9 Å². The number of carbonyl (C=O) groups excluding carboxylic acids is 1. The largest absolute Gasteiger partial charge is 0.339 e. The van der Waals surface area contributed by atoms with E-state index < -0.39 is 0 Å². The zero-order chi connectivity index (χ0) is 20.1. The van der Waals surface area contributed by atoms with E-state index >= 15 is 0 Å². The summed E-state index contributed by atoms with van der Waals surface area (Å²) < 4.78 is 0. The van der Waals surface area contributed by atoms with Gasteiger partial charge in [0.15, 0.2) is 0 Å². The predicted octanol–water partition coefficient (Wildman–Crippen LogP) is 4.64. The topological polar surface area (TPSA) is 90.7 Å². The van der Waals surface area contributed by atoms with Gasteiger partial charge in [-0.25, -0.2) is 9.97 Å². The molecule has 0 saturated heterocycles. The summed E-state index contributed by atoms with van der Waals surface area (Å²) in [6, 6.07) is 16.8. The second kappa shape index (κ2) is 7.89. The van der Waals surface area contributed by atoms with E-state index in [2.05, 4.69) is 47.4 Å². The molecule has 0 atom stereocenters. The number of anilines is 3. The van der Waals surface area contributed by atoms with Crippen molar-refractivity contribution in [2.45, 2.75) is 26.2 Å². The van der Waals surface area contributed by atoms with Gasteiger partial charge in [-0.15, -0.1) is 0 Å². The number of aromatic nitrogens is 2. The molecule has 0 radical (unpaired) electrons. The Labute approximate surface area is 164 Å². The molecule has 0 spiro atoms. The quantitative estimate of drug-likeness (QED) is 0.697. The second-order valence-electron chi connectivity index (χ2n) is 7.38. The highest BCUT2D eigenvalue weighted by Crippen LogP contribution is 2.23. The van der Waals surface area contributed by atoms with Crippen LogP contribution in [0.5, 0.6) is 0 Å². The van der Waals surface area contributed by atoms with Crippen molar-refractivity contribution in [2.75, 3.05) is 10.6 Å². The molecule has 2 aromatic carbocycles. The van der Waals surface area contributed by atoms with Gasteiger partial charge in [0.05, 0.1) is 24.0 Å². The molecule has 0 saturated carbocycles. The smallest absolute Gasteiger partial charge is 0.275 e. The highest BCUT2D eigenvalue weighted by Gasteiger charge is 2.14. The lowest BCUT2D eigenvalue weighted by molar-refractivity contribution is 0.102. The van der Waals surface area contributed by atoms with Crippen molar-refractivity contribution in [3.8, 4) is 6.07 Å². The summed E-state index contributed by atoms with van der Waals surface area (Å²) in [5.41, 5.74) is 3.56. The molecule has 0 aliphatic carbocycles. The third-order valence-corrected chi connectivity index (χ3v) is 4.18. The molecule has 0 unspecified atom stereocenters. The summed E-state index contributed by atoms with van der Waals surface area (Å²) in [7, 11) is 0. The molecule has 6 nitrogen and oxygen atoms in total. The number of hydrogen-bond acceptors (Lipinski definition) is 5. The van der Waals surface area contributed by atoms with Crippen molar-refractivity contribution in [1.82, 2.24) is 9.97 Å². The van der Waals surface area contributed by atoms with E-state index in [1.807, 2.05) is 24.3 Å². The fourth-order valence-electron chi connectivity index (χ4n) is 2.53. The van der Waals surface area contributed by atoms with Gasteiger partial charge in [-0.3, -0.25) is 4.79 Å². The van der Waals surface area contributed by atoms with Crippen molar-refractivity contribution in [1.29, 1.82) is 5.26 Å². The van der Waals surface area contributed by atoms with Crippen LogP contribution in [0.25, 0.3) is 0 Å². The van der Waals surface area contributed by atoms with Crippen LogP contribution in [0.2, 0.25) is 0 Å². The number of nitrogens with zero attached hydrogens (tertiary/aromatic N) is 3. The van der Waals surface area contributed by atoms with E-state index in [1.54, 1.807) is 24.3 Å². The predicted molar refractivity (Wildman–Crippen MR) is 110 cm³/mol. The summed E-state index contributed by atoms with van der Waals surface area (Å²) >= 11 is 0. The normalized spacial score (nSPS) is 10.8. The SMILES string of the molecule is CC(C)(C)c1ccc(NC(=O)c2cnc(Nc3ccc(C#N)cc3)cn2)cc1. The Morgan fingerprint density at radius 3 is 2.11 bits per heavy atom. The van der Waals surface area contributed by atoms with Gasteiger partial charge >= 0.3 is 0 Å². The molecule has 1 aromatic heterocycles. The fourth-order valence-corrected chi connectivity index (χ4v) is 2.53. The van der Waals surface area contributed by atoms with Gasteiger partial charge in [0, 0.05) is 11.4 Å². The molecule has 6 heteroatoms. The maximum atomic E-state index is 12.4. The Bertz CT molecular complexity index is 995. The minimum atomic E-state index is -0.319. The zero-order valence-electron chi connectivity index (χ0n) is 16.0. The molecule has 1 amide bonds. The molecular formula is C22H21N5O. The highest BCUT2D eigenvalue weighted by atomic mass is 16.1. The van der Waals surface area contributed by atoms with Gasteiger partial charge in [-0.2, -0.15) is 5.26 Å². The Kier molecular flexibility index (Phi) is 5.37. The number of hydrogen-bond donors (Lipinski definition) is 2. The monoisotopic (exact) mass is 371 g/mol. The molecule has 0 fully saturated rings. The zero-order valence-corrected chi connectivity index (χ0v) is 16.0. The van der Waals surface area contributed by atoms with Crippen LogP contribution in [0.4, 0.5) is 17.2 Å². The van der Waals surface area contributed by atoms with E-state index in [-0.39, 0.29) is 17.0 Å². The molecule has 140 valence electrons. The summed E-state index contributed by atoms with van der Waals surface area (Å²) in [5.74, 6) is 0.191. The average Bonchev–Trinajstić information content (AvgIpc) is 2.69. The van der Waals surface area contributed by atoms with Gasteiger partial charge in [0.2, 0.25) is 0 Å². The minimum absolute atomic E-state index is 0.0613. The lowest BCUT2D eigenvalue weighted by Gasteiger charge is -2.19. The molecule has 0 aliphatic heterocycles. The summed E-state index contributed by atoms with van der Waals surface area (Å²) in [6.07, 6.45) is 2.92. The summed E-state index contributed by atoms with van der Waals surface area (Å²) in [4.78, 5) is 20.8. The van der Waals surface area contributed by atoms with Gasteiger partial charge in [0.25, 0.3) is 5.91 Å². The summed E-state index contributed by atoms with van der Waals surface area (Å²) in [6.45, 7) is 6.43. The minimum Gasteiger partial charge on any atom is -0.339 e. The number of nitriles is 1. The lowest BCUT2D eigenvalue weighted by Crippen LogP contribution is -2.15. The van der Waals surface area contributed by atoms with Crippen molar-refractivity contribution < 1.29 is 4.79 Å². The number of benzene rings is 2. The first kappa shape index (κ1) is 19.1. The van der Waals surface area contributed by atoms with Crippen molar-refractivity contribution >= 4 is 23.1 Å². The first-order valence-electron chi connectivity index (χ1n) is 8.86. The van der Waals surface area contributed by atoms with Crippen LogP contribution < -0.4 is 10.6 Å². The Hall–Kier alpha value is -3.72. The molecule has 0 bridgehead atoms. The van der Waals surface area contributed by atoms with Crippen LogP contribution >= 0.6 is 0 Å². The van der Waals surface area contributed by atoms with Crippen LogP contribution in [0.3, 0.4) is 0 Å². The average molecular weight is 371 g/mol. The van der Waals surface area contributed by atoms with E-state index in [0.29, 0.717) is 17.1 Å². The first-order chi connectivity index (χ1) is 13.3. The molecule has 3 rings (SSSR count). The molecule has 1 heterocycles. The Morgan fingerprint density at radius 1 is 0.929 bits per heavy atom. The van der Waals surface area contributed by atoms with Crippen LogP contribution in [0.1, 0.15) is 42.4 Å². The number of nitrogens with one attached hydrogen (secondary N) is 2. The van der Waals surface area contributed by atoms with Crippen LogP contribution in [0, 0.1) is 11.3 Å². The van der Waals surface area contributed by atoms with E-state index in [0.717, 1.165) is 5.69 Å². The third-order valence-electron chi connectivity index (χ3n) is 4.18. The number of carbonyl (C=O) groups is 1. The molecular weight excluding hydrogens is 350 g/mol. The molecule has 0 aliphatic rings. The Morgan fingerprint density at radius 2 is 1.57 bits per heavy atom. The molecule has 3 aromatic rings. The maximum absolute atomic E-state index is 12.4. The number of rotatable bonds is 4. The third kappa shape index (κ3) is 4.71. The van der Waals surface area contributed by atoms with Crippen molar-refractivity contribution in [3.05, 3.63) is 77.7 Å². The number of amides is 1. The highest BCUT2D eigenvalue weighted by molar-refractivity contribution is 6.02. The van der Waals surface area contributed by atoms with Crippen molar-refractivity contribution in [3.63, 3.8) is 0 Å². The first-order valence-corrected chi connectivity index (χ1v) is 8.86. The van der Waals surface area contributed by atoms with Crippen LogP contribution in [-0.2, 0) is 5.41 Å². The molecule has 2 N–H and O–H groups in total. The second-order valence-corrected chi connectivity index (χ2v) is 7.38.